The van der Waals surface area contributed by atoms with Gasteiger partial charge in [0, 0.05) is 5.69 Å². The van der Waals surface area contributed by atoms with Crippen molar-refractivity contribution in [2.24, 2.45) is 5.10 Å². The molecule has 0 heterocycles. The molecule has 2 rings (SSSR count). The van der Waals surface area contributed by atoms with Crippen LogP contribution in [0.4, 0.5) is 5.69 Å². The van der Waals surface area contributed by atoms with Crippen molar-refractivity contribution >= 4 is 17.8 Å². The molecule has 0 bridgehead atoms. The van der Waals surface area contributed by atoms with Gasteiger partial charge in [0.15, 0.2) is 0 Å². The van der Waals surface area contributed by atoms with E-state index in [1.807, 2.05) is 62.4 Å². The van der Waals surface area contributed by atoms with Gasteiger partial charge in [-0.1, -0.05) is 24.3 Å². The third kappa shape index (κ3) is 5.12. The van der Waals surface area contributed by atoms with E-state index in [9.17, 15) is 4.79 Å². The summed E-state index contributed by atoms with van der Waals surface area (Å²) in [5, 5.41) is 7.15. The third-order valence-electron chi connectivity index (χ3n) is 3.51. The molecule has 2 aromatic rings. The maximum Gasteiger partial charge on any atom is 0.262 e. The summed E-state index contributed by atoms with van der Waals surface area (Å²) in [6.07, 6.45) is 1.65. The fraction of sp³-hybridized carbons (Fsp3) is 0.263. The Labute approximate surface area is 142 Å². The van der Waals surface area contributed by atoms with Crippen LogP contribution in [0.5, 0.6) is 5.75 Å². The zero-order valence-corrected chi connectivity index (χ0v) is 14.2. The third-order valence-corrected chi connectivity index (χ3v) is 3.51. The number of carbonyl (C=O) groups excluding carboxylic acids is 1. The van der Waals surface area contributed by atoms with Gasteiger partial charge in [-0.25, -0.2) is 5.43 Å². The first-order valence-corrected chi connectivity index (χ1v) is 7.98. The minimum Gasteiger partial charge on any atom is -0.494 e. The number of nitrogens with one attached hydrogen (secondary N) is 2. The van der Waals surface area contributed by atoms with Crippen molar-refractivity contribution in [3.8, 4) is 5.75 Å². The first-order chi connectivity index (χ1) is 11.6. The molecule has 5 nitrogen and oxygen atoms in total. The molecule has 0 saturated heterocycles. The van der Waals surface area contributed by atoms with Crippen molar-refractivity contribution in [3.05, 3.63) is 59.7 Å². The van der Waals surface area contributed by atoms with E-state index in [2.05, 4.69) is 15.8 Å². The Morgan fingerprint density at radius 1 is 1.21 bits per heavy atom. The van der Waals surface area contributed by atoms with E-state index < -0.39 is 6.04 Å². The van der Waals surface area contributed by atoms with E-state index in [1.165, 1.54) is 0 Å². The number of benzene rings is 2. The highest BCUT2D eigenvalue weighted by molar-refractivity contribution is 5.87. The van der Waals surface area contributed by atoms with Crippen LogP contribution in [-0.2, 0) is 4.79 Å². The maximum atomic E-state index is 12.1. The van der Waals surface area contributed by atoms with Gasteiger partial charge in [-0.3, -0.25) is 4.79 Å². The van der Waals surface area contributed by atoms with Crippen LogP contribution in [-0.4, -0.2) is 24.8 Å². The van der Waals surface area contributed by atoms with E-state index in [0.717, 1.165) is 22.6 Å². The average Bonchev–Trinajstić information content (AvgIpc) is 2.58. The summed E-state index contributed by atoms with van der Waals surface area (Å²) in [6, 6.07) is 14.9. The zero-order valence-electron chi connectivity index (χ0n) is 14.2. The second kappa shape index (κ2) is 8.72. The minimum atomic E-state index is -0.406. The highest BCUT2D eigenvalue weighted by atomic mass is 16.5. The van der Waals surface area contributed by atoms with E-state index in [-0.39, 0.29) is 5.91 Å². The van der Waals surface area contributed by atoms with Crippen LogP contribution < -0.4 is 15.5 Å². The van der Waals surface area contributed by atoms with Gasteiger partial charge in [0.2, 0.25) is 0 Å². The van der Waals surface area contributed by atoms with E-state index in [0.29, 0.717) is 6.61 Å². The Hall–Kier alpha value is -2.82. The highest BCUT2D eigenvalue weighted by Gasteiger charge is 2.11. The van der Waals surface area contributed by atoms with Crippen LogP contribution in [0.2, 0.25) is 0 Å². The molecule has 126 valence electrons. The number of hydrogen-bond acceptors (Lipinski definition) is 4. The Bertz CT molecular complexity index is 696. The molecule has 2 N–H and O–H groups in total. The van der Waals surface area contributed by atoms with E-state index in [1.54, 1.807) is 13.1 Å². The number of rotatable bonds is 7. The SMILES string of the molecule is CCOc1ccc(N[C@@H](C)C(=O)N/N=C\c2ccccc2C)cc1. The van der Waals surface area contributed by atoms with Gasteiger partial charge in [0.1, 0.15) is 11.8 Å². The standard InChI is InChI=1S/C19H23N3O2/c1-4-24-18-11-9-17(10-12-18)21-15(3)19(23)22-20-13-16-8-6-5-7-14(16)2/h5-13,15,21H,4H2,1-3H3,(H,22,23)/b20-13-/t15-/m0/s1. The molecule has 24 heavy (non-hydrogen) atoms. The average molecular weight is 325 g/mol. The summed E-state index contributed by atoms with van der Waals surface area (Å²) in [6.45, 7) is 6.36. The lowest BCUT2D eigenvalue weighted by Crippen LogP contribution is -2.34. The smallest absolute Gasteiger partial charge is 0.262 e. The summed E-state index contributed by atoms with van der Waals surface area (Å²) < 4.78 is 5.39. The van der Waals surface area contributed by atoms with Crippen molar-refractivity contribution in [1.82, 2.24) is 5.43 Å². The molecule has 5 heteroatoms. The number of carbonyl (C=O) groups is 1. The largest absolute Gasteiger partial charge is 0.494 e. The van der Waals surface area contributed by atoms with Gasteiger partial charge in [-0.05, 0) is 56.2 Å². The molecular formula is C19H23N3O2. The van der Waals surface area contributed by atoms with Gasteiger partial charge in [0.25, 0.3) is 5.91 Å². The molecule has 0 radical (unpaired) electrons. The van der Waals surface area contributed by atoms with Crippen LogP contribution in [0.25, 0.3) is 0 Å². The molecule has 0 aromatic heterocycles. The van der Waals surface area contributed by atoms with Crippen LogP contribution in [0.1, 0.15) is 25.0 Å². The van der Waals surface area contributed by atoms with Crippen LogP contribution in [0.3, 0.4) is 0 Å². The highest BCUT2D eigenvalue weighted by Crippen LogP contribution is 2.16. The number of hydrogen-bond donors (Lipinski definition) is 2. The molecule has 0 spiro atoms. The van der Waals surface area contributed by atoms with Crippen molar-refractivity contribution in [3.63, 3.8) is 0 Å². The number of hydrazone groups is 1. The molecular weight excluding hydrogens is 302 g/mol. The Morgan fingerprint density at radius 2 is 1.92 bits per heavy atom. The molecule has 2 aromatic carbocycles. The first-order valence-electron chi connectivity index (χ1n) is 7.98. The first kappa shape index (κ1) is 17.5. The topological polar surface area (TPSA) is 62.7 Å². The molecule has 0 aliphatic heterocycles. The van der Waals surface area contributed by atoms with E-state index in [4.69, 9.17) is 4.74 Å². The lowest BCUT2D eigenvalue weighted by Gasteiger charge is -2.14. The second-order valence-electron chi connectivity index (χ2n) is 5.41. The second-order valence-corrected chi connectivity index (χ2v) is 5.41. The van der Waals surface area contributed by atoms with Crippen molar-refractivity contribution in [1.29, 1.82) is 0 Å². The number of aryl methyl sites for hydroxylation is 1. The lowest BCUT2D eigenvalue weighted by atomic mass is 10.1. The van der Waals surface area contributed by atoms with E-state index >= 15 is 0 Å². The summed E-state index contributed by atoms with van der Waals surface area (Å²) in [4.78, 5) is 12.1. The predicted molar refractivity (Wildman–Crippen MR) is 97.6 cm³/mol. The summed E-state index contributed by atoms with van der Waals surface area (Å²) in [5.41, 5.74) is 5.49. The summed E-state index contributed by atoms with van der Waals surface area (Å²) in [7, 11) is 0. The molecule has 1 amide bonds. The molecule has 0 aliphatic rings. The quantitative estimate of drug-likeness (QED) is 0.606. The van der Waals surface area contributed by atoms with Gasteiger partial charge in [-0.2, -0.15) is 5.10 Å². The molecule has 1 atom stereocenters. The number of anilines is 1. The molecule has 0 aliphatic carbocycles. The summed E-state index contributed by atoms with van der Waals surface area (Å²) in [5.74, 6) is 0.608. The molecule has 0 fully saturated rings. The normalized spacial score (nSPS) is 12.0. The fourth-order valence-corrected chi connectivity index (χ4v) is 2.12. The van der Waals surface area contributed by atoms with Gasteiger partial charge in [0.05, 0.1) is 12.8 Å². The zero-order chi connectivity index (χ0) is 17.4. The Kier molecular flexibility index (Phi) is 6.37. The van der Waals surface area contributed by atoms with Gasteiger partial charge < -0.3 is 10.1 Å². The molecule has 0 unspecified atom stereocenters. The predicted octanol–water partition coefficient (Wildman–Crippen LogP) is 3.34. The number of amides is 1. The van der Waals surface area contributed by atoms with Crippen LogP contribution in [0, 0.1) is 6.92 Å². The fourth-order valence-electron chi connectivity index (χ4n) is 2.12. The minimum absolute atomic E-state index is 0.200. The van der Waals surface area contributed by atoms with Crippen molar-refractivity contribution in [2.75, 3.05) is 11.9 Å². The lowest BCUT2D eigenvalue weighted by molar-refractivity contribution is -0.121. The van der Waals surface area contributed by atoms with Crippen LogP contribution in [0.15, 0.2) is 53.6 Å². The Balaban J connectivity index is 1.86. The monoisotopic (exact) mass is 325 g/mol. The van der Waals surface area contributed by atoms with Gasteiger partial charge in [-0.15, -0.1) is 0 Å². The number of ether oxygens (including phenoxy) is 1. The van der Waals surface area contributed by atoms with Gasteiger partial charge >= 0.3 is 0 Å². The maximum absolute atomic E-state index is 12.1. The van der Waals surface area contributed by atoms with Crippen LogP contribution >= 0.6 is 0 Å². The summed E-state index contributed by atoms with van der Waals surface area (Å²) >= 11 is 0. The van der Waals surface area contributed by atoms with Crippen molar-refractivity contribution < 1.29 is 9.53 Å². The van der Waals surface area contributed by atoms with Crippen molar-refractivity contribution in [2.45, 2.75) is 26.8 Å². The number of nitrogens with zero attached hydrogens (tertiary/aromatic N) is 1. The Morgan fingerprint density at radius 3 is 2.58 bits per heavy atom. The molecule has 0 saturated carbocycles.